The first-order chi connectivity index (χ1) is 13.3. The summed E-state index contributed by atoms with van der Waals surface area (Å²) >= 11 is 0. The number of nitrogens with zero attached hydrogens (tertiary/aromatic N) is 2. The van der Waals surface area contributed by atoms with Crippen molar-refractivity contribution in [2.45, 2.75) is 91.6 Å². The van der Waals surface area contributed by atoms with Crippen molar-refractivity contribution in [1.29, 1.82) is 0 Å². The summed E-state index contributed by atoms with van der Waals surface area (Å²) in [4.78, 5) is 49.1. The van der Waals surface area contributed by atoms with Gasteiger partial charge in [-0.2, -0.15) is 0 Å². The van der Waals surface area contributed by atoms with Gasteiger partial charge in [0.15, 0.2) is 0 Å². The second-order valence-electron chi connectivity index (χ2n) is 9.97. The number of esters is 3. The van der Waals surface area contributed by atoms with Gasteiger partial charge in [0.2, 0.25) is 6.54 Å². The lowest BCUT2D eigenvalue weighted by Gasteiger charge is -2.32. The van der Waals surface area contributed by atoms with E-state index in [2.05, 4.69) is 0 Å². The Hall–Kier alpha value is -2.23. The Bertz CT molecular complexity index is 596. The van der Waals surface area contributed by atoms with Crippen molar-refractivity contribution in [3.63, 3.8) is 0 Å². The maximum atomic E-state index is 12.8. The summed E-state index contributed by atoms with van der Waals surface area (Å²) in [7, 11) is 0. The maximum Gasteiger partial charge on any atom is 0.324 e. The highest BCUT2D eigenvalue weighted by atomic mass is 16.6. The second-order valence-corrected chi connectivity index (χ2v) is 9.97. The smallest absolute Gasteiger partial charge is 0.324 e. The van der Waals surface area contributed by atoms with E-state index in [1.54, 1.807) is 62.3 Å². The van der Waals surface area contributed by atoms with E-state index in [0.717, 1.165) is 0 Å². The van der Waals surface area contributed by atoms with E-state index in [-0.39, 0.29) is 6.42 Å². The molecule has 0 aliphatic heterocycles. The molecule has 0 aromatic carbocycles. The number of hydrogen-bond donors (Lipinski definition) is 0. The Morgan fingerprint density at radius 1 is 0.800 bits per heavy atom. The molecule has 1 atom stereocenters. The fourth-order valence-electron chi connectivity index (χ4n) is 2.40. The zero-order chi connectivity index (χ0) is 23.9. The maximum absolute atomic E-state index is 12.8. The van der Waals surface area contributed by atoms with Crippen LogP contribution in [0.2, 0.25) is 0 Å². The standard InChI is InChI=1S/C20H36N2O8/c1-18(2,3)28-15(23)12-21(13-16(24)29-19(4,5)6)14(10-11-22(26)27)17(25)30-20(7,8)9/h14H,10-13H2,1-9H3/t14-/m0/s1. The molecule has 174 valence electrons. The molecule has 10 nitrogen and oxygen atoms in total. The summed E-state index contributed by atoms with van der Waals surface area (Å²) in [5.41, 5.74) is -2.42. The minimum Gasteiger partial charge on any atom is -0.459 e. The Morgan fingerprint density at radius 3 is 1.47 bits per heavy atom. The van der Waals surface area contributed by atoms with Crippen molar-refractivity contribution in [2.75, 3.05) is 19.6 Å². The molecule has 0 aromatic heterocycles. The number of carbonyl (C=O) groups is 3. The van der Waals surface area contributed by atoms with E-state index in [4.69, 9.17) is 14.2 Å². The van der Waals surface area contributed by atoms with Crippen LogP contribution in [-0.2, 0) is 28.6 Å². The molecule has 10 heteroatoms. The molecule has 0 aromatic rings. The van der Waals surface area contributed by atoms with Crippen LogP contribution in [0.1, 0.15) is 68.7 Å². The van der Waals surface area contributed by atoms with Gasteiger partial charge in [-0.15, -0.1) is 0 Å². The van der Waals surface area contributed by atoms with Gasteiger partial charge in [0.1, 0.15) is 22.8 Å². The van der Waals surface area contributed by atoms with E-state index >= 15 is 0 Å². The molecule has 0 rings (SSSR count). The van der Waals surface area contributed by atoms with Crippen molar-refractivity contribution in [3.05, 3.63) is 10.1 Å². The molecule has 0 aliphatic carbocycles. The number of nitro groups is 1. The predicted octanol–water partition coefficient (Wildman–Crippen LogP) is 2.35. The van der Waals surface area contributed by atoms with Crippen LogP contribution >= 0.6 is 0 Å². The van der Waals surface area contributed by atoms with Gasteiger partial charge in [-0.05, 0) is 62.3 Å². The molecule has 0 bridgehead atoms. The lowest BCUT2D eigenvalue weighted by atomic mass is 10.1. The highest BCUT2D eigenvalue weighted by molar-refractivity contribution is 5.80. The zero-order valence-electron chi connectivity index (χ0n) is 19.6. The van der Waals surface area contributed by atoms with Crippen LogP contribution in [0.25, 0.3) is 0 Å². The van der Waals surface area contributed by atoms with Gasteiger partial charge >= 0.3 is 17.9 Å². The minimum atomic E-state index is -1.20. The Balaban J connectivity index is 5.78. The van der Waals surface area contributed by atoms with Crippen LogP contribution in [0.4, 0.5) is 0 Å². The average Bonchev–Trinajstić information content (AvgIpc) is 2.40. The molecule has 0 spiro atoms. The molecule has 0 unspecified atom stereocenters. The lowest BCUT2D eigenvalue weighted by Crippen LogP contribution is -2.50. The molecular formula is C20H36N2O8. The van der Waals surface area contributed by atoms with Crippen LogP contribution in [-0.4, -0.2) is 70.2 Å². The van der Waals surface area contributed by atoms with E-state index in [9.17, 15) is 24.5 Å². The molecule has 0 aliphatic rings. The third-order valence-corrected chi connectivity index (χ3v) is 3.21. The Kier molecular flexibility index (Phi) is 9.90. The summed E-state index contributed by atoms with van der Waals surface area (Å²) in [5.74, 6) is -2.13. The van der Waals surface area contributed by atoms with Gasteiger partial charge in [0, 0.05) is 11.3 Å². The number of ether oxygens (including phenoxy) is 3. The molecule has 0 radical (unpaired) electrons. The molecule has 0 N–H and O–H groups in total. The summed E-state index contributed by atoms with van der Waals surface area (Å²) in [6, 6.07) is -1.20. The third kappa shape index (κ3) is 13.9. The van der Waals surface area contributed by atoms with Gasteiger partial charge in [0.05, 0.1) is 13.1 Å². The highest BCUT2D eigenvalue weighted by Gasteiger charge is 2.35. The number of hydrogen-bond acceptors (Lipinski definition) is 9. The van der Waals surface area contributed by atoms with Crippen LogP contribution in [0, 0.1) is 10.1 Å². The predicted molar refractivity (Wildman–Crippen MR) is 109 cm³/mol. The normalized spacial score (nSPS) is 13.5. The van der Waals surface area contributed by atoms with Gasteiger partial charge in [-0.25, -0.2) is 0 Å². The van der Waals surface area contributed by atoms with Crippen molar-refractivity contribution >= 4 is 17.9 Å². The molecule has 0 heterocycles. The lowest BCUT2D eigenvalue weighted by molar-refractivity contribution is -0.481. The minimum absolute atomic E-state index is 0.243. The fourth-order valence-corrected chi connectivity index (χ4v) is 2.40. The van der Waals surface area contributed by atoms with Gasteiger partial charge in [0.25, 0.3) is 0 Å². The third-order valence-electron chi connectivity index (χ3n) is 3.21. The largest absolute Gasteiger partial charge is 0.459 e. The van der Waals surface area contributed by atoms with E-state index in [0.29, 0.717) is 0 Å². The zero-order valence-corrected chi connectivity index (χ0v) is 19.6. The first-order valence-electron chi connectivity index (χ1n) is 9.81. The topological polar surface area (TPSA) is 125 Å². The molecule has 0 fully saturated rings. The molecule has 0 saturated carbocycles. The van der Waals surface area contributed by atoms with Crippen molar-refractivity contribution in [2.24, 2.45) is 0 Å². The summed E-state index contributed by atoms with van der Waals surface area (Å²) in [6.45, 7) is 13.6. The van der Waals surface area contributed by atoms with Crippen LogP contribution in [0.15, 0.2) is 0 Å². The first kappa shape index (κ1) is 27.8. The van der Waals surface area contributed by atoms with Crippen molar-refractivity contribution in [1.82, 2.24) is 4.90 Å². The number of rotatable bonds is 9. The average molecular weight is 433 g/mol. The van der Waals surface area contributed by atoms with E-state index in [1.807, 2.05) is 0 Å². The van der Waals surface area contributed by atoms with Crippen molar-refractivity contribution < 1.29 is 33.5 Å². The quantitative estimate of drug-likeness (QED) is 0.233. The van der Waals surface area contributed by atoms with E-state index < -0.39 is 65.3 Å². The summed E-state index contributed by atoms with van der Waals surface area (Å²) < 4.78 is 15.9. The van der Waals surface area contributed by atoms with Crippen molar-refractivity contribution in [3.8, 4) is 0 Å². The van der Waals surface area contributed by atoms with E-state index in [1.165, 1.54) is 4.90 Å². The molecule has 30 heavy (non-hydrogen) atoms. The van der Waals surface area contributed by atoms with Gasteiger partial charge < -0.3 is 14.2 Å². The Morgan fingerprint density at radius 2 is 1.17 bits per heavy atom. The molecular weight excluding hydrogens is 396 g/mol. The number of carbonyl (C=O) groups excluding carboxylic acids is 3. The summed E-state index contributed by atoms with van der Waals surface area (Å²) in [6.07, 6.45) is -0.243. The molecule has 0 amide bonds. The second kappa shape index (κ2) is 10.7. The first-order valence-corrected chi connectivity index (χ1v) is 9.81. The molecule has 0 saturated heterocycles. The van der Waals surface area contributed by atoms with Crippen LogP contribution < -0.4 is 0 Å². The van der Waals surface area contributed by atoms with Crippen LogP contribution in [0.5, 0.6) is 0 Å². The van der Waals surface area contributed by atoms with Gasteiger partial charge in [-0.3, -0.25) is 29.4 Å². The SMILES string of the molecule is CC(C)(C)OC(=O)CN(CC(=O)OC(C)(C)C)[C@@H](CC[N+](=O)[O-])C(=O)OC(C)(C)C. The Labute approximate surface area is 178 Å². The monoisotopic (exact) mass is 432 g/mol. The summed E-state index contributed by atoms with van der Waals surface area (Å²) in [5, 5.41) is 10.9. The van der Waals surface area contributed by atoms with Crippen LogP contribution in [0.3, 0.4) is 0 Å². The fraction of sp³-hybridized carbons (Fsp3) is 0.850. The highest BCUT2D eigenvalue weighted by Crippen LogP contribution is 2.17. The van der Waals surface area contributed by atoms with Gasteiger partial charge in [-0.1, -0.05) is 0 Å².